The molecule has 0 heterocycles. The highest BCUT2D eigenvalue weighted by molar-refractivity contribution is 5.90. The summed E-state index contributed by atoms with van der Waals surface area (Å²) in [5, 5.41) is 0. The molecule has 1 aliphatic rings. The fraction of sp³-hybridized carbons (Fsp3) is 0.448. The minimum absolute atomic E-state index is 0.0147. The number of nitrogen functional groups attached to an aromatic ring is 2. The van der Waals surface area contributed by atoms with Crippen molar-refractivity contribution in [3.63, 3.8) is 0 Å². The second-order valence-electron chi connectivity index (χ2n) is 9.61. The van der Waals surface area contributed by atoms with Crippen LogP contribution in [0.25, 0.3) is 6.08 Å². The summed E-state index contributed by atoms with van der Waals surface area (Å²) in [5.41, 5.74) is 15.1. The molecular weight excluding hydrogens is 440 g/mol. The summed E-state index contributed by atoms with van der Waals surface area (Å²) in [7, 11) is 0. The third kappa shape index (κ3) is 8.46. The predicted octanol–water partition coefficient (Wildman–Crippen LogP) is 6.12. The molecule has 3 rings (SSSR count). The average molecular weight is 479 g/mol. The molecular formula is C29H38N2O4. The largest absolute Gasteiger partial charge is 0.462 e. The maximum absolute atomic E-state index is 12.5. The van der Waals surface area contributed by atoms with Gasteiger partial charge in [-0.3, -0.25) is 0 Å². The van der Waals surface area contributed by atoms with E-state index in [2.05, 4.69) is 6.92 Å². The molecule has 0 bridgehead atoms. The van der Waals surface area contributed by atoms with E-state index in [1.165, 1.54) is 25.3 Å². The quantitative estimate of drug-likeness (QED) is 0.242. The number of rotatable bonds is 10. The summed E-state index contributed by atoms with van der Waals surface area (Å²) >= 11 is 0. The smallest absolute Gasteiger partial charge is 0.338 e. The first-order valence-electron chi connectivity index (χ1n) is 12.7. The van der Waals surface area contributed by atoms with Crippen molar-refractivity contribution in [3.05, 3.63) is 65.2 Å². The van der Waals surface area contributed by atoms with Crippen LogP contribution < -0.4 is 11.5 Å². The zero-order valence-electron chi connectivity index (χ0n) is 20.9. The van der Waals surface area contributed by atoms with Gasteiger partial charge in [-0.15, -0.1) is 0 Å². The van der Waals surface area contributed by atoms with E-state index in [9.17, 15) is 9.59 Å². The molecule has 4 N–H and O–H groups in total. The summed E-state index contributed by atoms with van der Waals surface area (Å²) in [5.74, 6) is 0.0246. The van der Waals surface area contributed by atoms with Crippen molar-refractivity contribution in [1.82, 2.24) is 0 Å². The molecule has 6 heteroatoms. The molecule has 188 valence electrons. The highest BCUT2D eigenvalue weighted by atomic mass is 16.5. The molecule has 1 atom stereocenters. The first kappa shape index (κ1) is 26.3. The fourth-order valence-electron chi connectivity index (χ4n) is 4.48. The molecule has 6 nitrogen and oxygen atoms in total. The van der Waals surface area contributed by atoms with Crippen LogP contribution in [-0.4, -0.2) is 24.6 Å². The number of hydrogen-bond donors (Lipinski definition) is 2. The Bertz CT molecular complexity index is 988. The number of ether oxygens (including phenoxy) is 2. The summed E-state index contributed by atoms with van der Waals surface area (Å²) in [6.45, 7) is 4.39. The van der Waals surface area contributed by atoms with E-state index >= 15 is 0 Å². The Morgan fingerprint density at radius 3 is 2.31 bits per heavy atom. The van der Waals surface area contributed by atoms with Crippen LogP contribution in [0.3, 0.4) is 0 Å². The molecule has 1 unspecified atom stereocenters. The van der Waals surface area contributed by atoms with Gasteiger partial charge in [-0.25, -0.2) is 9.59 Å². The van der Waals surface area contributed by atoms with Gasteiger partial charge >= 0.3 is 11.9 Å². The number of benzene rings is 2. The molecule has 0 amide bonds. The van der Waals surface area contributed by atoms with Crippen molar-refractivity contribution in [3.8, 4) is 0 Å². The first-order chi connectivity index (χ1) is 16.8. The number of unbranched alkanes of at least 4 members (excludes halogenated alkanes) is 1. The summed E-state index contributed by atoms with van der Waals surface area (Å²) in [6, 6.07) is 12.4. The second kappa shape index (κ2) is 13.0. The number of anilines is 2. The van der Waals surface area contributed by atoms with Gasteiger partial charge in [0.25, 0.3) is 0 Å². The van der Waals surface area contributed by atoms with Gasteiger partial charge in [-0.05, 0) is 79.1 Å². The Balaban J connectivity index is 1.43. The molecule has 0 spiro atoms. The lowest BCUT2D eigenvalue weighted by Crippen LogP contribution is -2.24. The zero-order valence-corrected chi connectivity index (χ0v) is 20.9. The van der Waals surface area contributed by atoms with Crippen LogP contribution in [0.1, 0.15) is 86.2 Å². The Morgan fingerprint density at radius 1 is 1.03 bits per heavy atom. The van der Waals surface area contributed by atoms with Crippen molar-refractivity contribution in [2.75, 3.05) is 18.1 Å². The molecule has 2 aromatic carbocycles. The standard InChI is InChI=1S/C29H38N2O4/c1-3-4-5-21-8-13-27(14-9-21)35-29(33)23-11-6-22(7-12-23)10-15-28(32)34-19-20(2)24-16-25(30)18-26(31)17-24/h6-7,10-12,15-18,20-21,27H,3-5,8-9,13-14,19,30-31H2,1-2H3. The first-order valence-corrected chi connectivity index (χ1v) is 12.7. The van der Waals surface area contributed by atoms with Gasteiger partial charge in [0, 0.05) is 23.4 Å². The van der Waals surface area contributed by atoms with Crippen LogP contribution >= 0.6 is 0 Å². The van der Waals surface area contributed by atoms with Crippen LogP contribution in [0, 0.1) is 5.92 Å². The molecule has 0 aromatic heterocycles. The summed E-state index contributed by atoms with van der Waals surface area (Å²) in [4.78, 5) is 24.7. The van der Waals surface area contributed by atoms with Crippen molar-refractivity contribution < 1.29 is 19.1 Å². The van der Waals surface area contributed by atoms with Gasteiger partial charge in [0.15, 0.2) is 0 Å². The number of nitrogens with two attached hydrogens (primary N) is 2. The van der Waals surface area contributed by atoms with E-state index in [4.69, 9.17) is 20.9 Å². The van der Waals surface area contributed by atoms with Crippen molar-refractivity contribution in [2.24, 2.45) is 5.92 Å². The van der Waals surface area contributed by atoms with Crippen molar-refractivity contribution >= 4 is 29.4 Å². The average Bonchev–Trinajstić information content (AvgIpc) is 2.85. The van der Waals surface area contributed by atoms with E-state index in [1.54, 1.807) is 36.4 Å². The number of esters is 2. The molecule has 1 aliphatic carbocycles. The lowest BCUT2D eigenvalue weighted by molar-refractivity contribution is -0.138. The Morgan fingerprint density at radius 2 is 1.69 bits per heavy atom. The van der Waals surface area contributed by atoms with Gasteiger partial charge in [0.05, 0.1) is 12.2 Å². The lowest BCUT2D eigenvalue weighted by atomic mass is 9.84. The van der Waals surface area contributed by atoms with Gasteiger partial charge in [0.1, 0.15) is 6.10 Å². The Labute approximate surface area is 208 Å². The maximum atomic E-state index is 12.5. The molecule has 1 saturated carbocycles. The van der Waals surface area contributed by atoms with Crippen LogP contribution in [0.5, 0.6) is 0 Å². The molecule has 2 aromatic rings. The minimum Gasteiger partial charge on any atom is -0.462 e. The number of carbonyl (C=O) groups is 2. The SMILES string of the molecule is CCCCC1CCC(OC(=O)c2ccc(C=CC(=O)OCC(C)c3cc(N)cc(N)c3)cc2)CC1. The third-order valence-corrected chi connectivity index (χ3v) is 6.64. The fourth-order valence-corrected chi connectivity index (χ4v) is 4.48. The van der Waals surface area contributed by atoms with E-state index in [-0.39, 0.29) is 24.6 Å². The van der Waals surface area contributed by atoms with Gasteiger partial charge < -0.3 is 20.9 Å². The monoisotopic (exact) mass is 478 g/mol. The molecule has 35 heavy (non-hydrogen) atoms. The highest BCUT2D eigenvalue weighted by Crippen LogP contribution is 2.30. The molecule has 0 radical (unpaired) electrons. The van der Waals surface area contributed by atoms with Gasteiger partial charge in [-0.1, -0.05) is 45.2 Å². The van der Waals surface area contributed by atoms with Gasteiger partial charge in [-0.2, -0.15) is 0 Å². The molecule has 1 fully saturated rings. The number of hydrogen-bond acceptors (Lipinski definition) is 6. The lowest BCUT2D eigenvalue weighted by Gasteiger charge is -2.28. The van der Waals surface area contributed by atoms with Crippen LogP contribution in [0.15, 0.2) is 48.5 Å². The van der Waals surface area contributed by atoms with E-state index in [0.29, 0.717) is 16.9 Å². The van der Waals surface area contributed by atoms with Crippen LogP contribution in [0.4, 0.5) is 11.4 Å². The van der Waals surface area contributed by atoms with Crippen molar-refractivity contribution in [1.29, 1.82) is 0 Å². The molecule has 0 aliphatic heterocycles. The van der Waals surface area contributed by atoms with E-state index in [1.807, 2.05) is 19.1 Å². The zero-order chi connectivity index (χ0) is 25.2. The minimum atomic E-state index is -0.438. The van der Waals surface area contributed by atoms with Crippen LogP contribution in [0.2, 0.25) is 0 Å². The third-order valence-electron chi connectivity index (χ3n) is 6.64. The van der Waals surface area contributed by atoms with Crippen LogP contribution in [-0.2, 0) is 14.3 Å². The Hall–Kier alpha value is -3.28. The molecule has 0 saturated heterocycles. The predicted molar refractivity (Wildman–Crippen MR) is 141 cm³/mol. The normalized spacial score (nSPS) is 18.8. The van der Waals surface area contributed by atoms with E-state index < -0.39 is 5.97 Å². The Kier molecular flexibility index (Phi) is 9.76. The van der Waals surface area contributed by atoms with Crippen molar-refractivity contribution in [2.45, 2.75) is 70.8 Å². The summed E-state index contributed by atoms with van der Waals surface area (Å²) in [6.07, 6.45) is 11.1. The highest BCUT2D eigenvalue weighted by Gasteiger charge is 2.24. The summed E-state index contributed by atoms with van der Waals surface area (Å²) < 4.78 is 11.1. The van der Waals surface area contributed by atoms with Gasteiger partial charge in [0.2, 0.25) is 0 Å². The topological polar surface area (TPSA) is 105 Å². The maximum Gasteiger partial charge on any atom is 0.338 e. The second-order valence-corrected chi connectivity index (χ2v) is 9.61. The van der Waals surface area contributed by atoms with E-state index in [0.717, 1.165) is 42.7 Å². The number of carbonyl (C=O) groups excluding carboxylic acids is 2.